The zero-order valence-corrected chi connectivity index (χ0v) is 19.7. The maximum absolute atomic E-state index is 12.7. The zero-order chi connectivity index (χ0) is 23.0. The largest absolute Gasteiger partial charge is 0.616 e. The Bertz CT molecular complexity index is 1150. The number of nitrogens with two attached hydrogens (primary N) is 1. The minimum atomic E-state index is -0.999. The van der Waals surface area contributed by atoms with E-state index in [1.165, 1.54) is 5.56 Å². The summed E-state index contributed by atoms with van der Waals surface area (Å²) in [6, 6.07) is 19.8. The third-order valence-electron chi connectivity index (χ3n) is 5.80. The monoisotopic (exact) mass is 462 g/mol. The molecule has 4 aromatic rings. The van der Waals surface area contributed by atoms with Gasteiger partial charge < -0.3 is 19.4 Å². The Balaban J connectivity index is 1.34. The molecular formula is C27H30N2O3S. The van der Waals surface area contributed by atoms with Gasteiger partial charge >= 0.3 is 0 Å². The molecule has 0 aliphatic carbocycles. The maximum atomic E-state index is 12.7. The van der Waals surface area contributed by atoms with Crippen molar-refractivity contribution in [1.29, 1.82) is 0 Å². The Morgan fingerprint density at radius 3 is 2.73 bits per heavy atom. The van der Waals surface area contributed by atoms with Crippen LogP contribution in [0.1, 0.15) is 41.3 Å². The van der Waals surface area contributed by atoms with Crippen LogP contribution >= 0.6 is 0 Å². The summed E-state index contributed by atoms with van der Waals surface area (Å²) in [4.78, 5) is 4.13. The highest BCUT2D eigenvalue weighted by molar-refractivity contribution is 7.90. The van der Waals surface area contributed by atoms with Gasteiger partial charge in [-0.2, -0.15) is 0 Å². The van der Waals surface area contributed by atoms with Crippen molar-refractivity contribution >= 4 is 22.1 Å². The number of fused-ring (bicyclic) bond motifs is 1. The molecule has 4 rings (SSSR count). The molecule has 0 radical (unpaired) electrons. The van der Waals surface area contributed by atoms with Crippen LogP contribution in [0, 0.1) is 6.92 Å². The number of nitrogens with zero attached hydrogens (tertiary/aromatic N) is 1. The van der Waals surface area contributed by atoms with E-state index in [1.54, 1.807) is 6.20 Å². The van der Waals surface area contributed by atoms with Gasteiger partial charge in [-0.15, -0.1) is 0 Å². The number of ether oxygens (including phenoxy) is 1. The summed E-state index contributed by atoms with van der Waals surface area (Å²) in [7, 11) is 0. The van der Waals surface area contributed by atoms with Crippen molar-refractivity contribution in [3.05, 3.63) is 95.5 Å². The van der Waals surface area contributed by atoms with Gasteiger partial charge in [-0.3, -0.25) is 4.98 Å². The Kier molecular flexibility index (Phi) is 8.05. The van der Waals surface area contributed by atoms with E-state index in [0.29, 0.717) is 18.1 Å². The van der Waals surface area contributed by atoms with Crippen molar-refractivity contribution < 1.29 is 13.7 Å². The minimum Gasteiger partial charge on any atom is -0.616 e. The Hall–Kier alpha value is -2.80. The third kappa shape index (κ3) is 6.16. The average molecular weight is 463 g/mol. The van der Waals surface area contributed by atoms with Gasteiger partial charge in [-0.1, -0.05) is 42.5 Å². The fourth-order valence-corrected chi connectivity index (χ4v) is 5.09. The van der Waals surface area contributed by atoms with E-state index >= 15 is 0 Å². The van der Waals surface area contributed by atoms with Crippen LogP contribution in [-0.2, 0) is 23.3 Å². The highest BCUT2D eigenvalue weighted by Crippen LogP contribution is 2.34. The molecule has 6 heteroatoms. The van der Waals surface area contributed by atoms with Crippen molar-refractivity contribution in [3.63, 3.8) is 0 Å². The van der Waals surface area contributed by atoms with Crippen LogP contribution in [0.2, 0.25) is 0 Å². The minimum absolute atomic E-state index is 0.0498. The zero-order valence-electron chi connectivity index (χ0n) is 18.9. The quantitative estimate of drug-likeness (QED) is 0.235. The van der Waals surface area contributed by atoms with Gasteiger partial charge in [0.2, 0.25) is 0 Å². The lowest BCUT2D eigenvalue weighted by molar-refractivity contribution is 0.305. The molecule has 33 heavy (non-hydrogen) atoms. The topological polar surface area (TPSA) is 84.3 Å². The van der Waals surface area contributed by atoms with Gasteiger partial charge in [0.1, 0.15) is 17.1 Å². The maximum Gasteiger partial charge on any atom is 0.163 e. The van der Waals surface area contributed by atoms with Gasteiger partial charge in [0.05, 0.1) is 12.0 Å². The molecule has 2 heterocycles. The van der Waals surface area contributed by atoms with Crippen molar-refractivity contribution in [2.45, 2.75) is 38.0 Å². The van der Waals surface area contributed by atoms with Crippen LogP contribution in [0.25, 0.3) is 11.0 Å². The number of aromatic nitrogens is 1. The summed E-state index contributed by atoms with van der Waals surface area (Å²) in [5, 5.41) is 0.962. The molecule has 0 aliphatic rings. The van der Waals surface area contributed by atoms with Crippen LogP contribution in [0.5, 0.6) is 5.75 Å². The summed E-state index contributed by atoms with van der Waals surface area (Å²) < 4.78 is 24.9. The predicted molar refractivity (Wildman–Crippen MR) is 134 cm³/mol. The standard InChI is InChI=1S/C27H30N2O3S/c1-20-26(19-33(30)17-14-21-8-3-2-4-9-21)32-25-13-5-12-24(27(20)25)31-16-7-11-23(28)22-10-6-15-29-18-22/h2-6,8-10,12-13,15,18,23H,7,11,14,16-17,19,28H2,1H3. The van der Waals surface area contributed by atoms with Crippen LogP contribution in [0.3, 0.4) is 0 Å². The molecule has 0 fully saturated rings. The molecule has 2 unspecified atom stereocenters. The predicted octanol–water partition coefficient (Wildman–Crippen LogP) is 5.49. The van der Waals surface area contributed by atoms with E-state index in [-0.39, 0.29) is 6.04 Å². The van der Waals surface area contributed by atoms with E-state index in [4.69, 9.17) is 14.9 Å². The highest BCUT2D eigenvalue weighted by Gasteiger charge is 2.19. The van der Waals surface area contributed by atoms with Crippen LogP contribution < -0.4 is 10.5 Å². The van der Waals surface area contributed by atoms with E-state index in [1.807, 2.05) is 61.7 Å². The molecule has 2 aromatic carbocycles. The van der Waals surface area contributed by atoms with Crippen molar-refractivity contribution in [2.75, 3.05) is 12.4 Å². The SMILES string of the molecule is Cc1c(C[S+]([O-])CCc2ccccc2)oc2cccc(OCCCC(N)c3cccnc3)c12. The normalized spacial score (nSPS) is 13.2. The first kappa shape index (κ1) is 23.4. The van der Waals surface area contributed by atoms with E-state index in [2.05, 4.69) is 17.1 Å². The fourth-order valence-electron chi connectivity index (χ4n) is 3.91. The van der Waals surface area contributed by atoms with Gasteiger partial charge in [0.25, 0.3) is 0 Å². The van der Waals surface area contributed by atoms with Crippen molar-refractivity contribution in [2.24, 2.45) is 5.73 Å². The van der Waals surface area contributed by atoms with Crippen LogP contribution in [0.4, 0.5) is 0 Å². The van der Waals surface area contributed by atoms with Crippen molar-refractivity contribution in [3.8, 4) is 5.75 Å². The molecule has 0 saturated carbocycles. The highest BCUT2D eigenvalue weighted by atomic mass is 32.2. The fraction of sp³-hybridized carbons (Fsp3) is 0.296. The molecule has 0 aliphatic heterocycles. The number of hydrogen-bond acceptors (Lipinski definition) is 5. The molecule has 0 bridgehead atoms. The molecule has 2 aromatic heterocycles. The molecule has 2 N–H and O–H groups in total. The first-order chi connectivity index (χ1) is 16.1. The lowest BCUT2D eigenvalue weighted by Gasteiger charge is -2.12. The second-order valence-corrected chi connectivity index (χ2v) is 9.76. The number of hydrogen-bond donors (Lipinski definition) is 1. The van der Waals surface area contributed by atoms with Gasteiger partial charge in [0.15, 0.2) is 11.5 Å². The van der Waals surface area contributed by atoms with Gasteiger partial charge in [0, 0.05) is 30.4 Å². The van der Waals surface area contributed by atoms with E-state index in [9.17, 15) is 4.55 Å². The molecule has 0 spiro atoms. The molecule has 2 atom stereocenters. The number of furan rings is 1. The Morgan fingerprint density at radius 2 is 1.94 bits per heavy atom. The molecule has 0 amide bonds. The Morgan fingerprint density at radius 1 is 1.09 bits per heavy atom. The second kappa shape index (κ2) is 11.4. The van der Waals surface area contributed by atoms with Gasteiger partial charge in [-0.05, 0) is 60.3 Å². The number of pyridine rings is 1. The first-order valence-corrected chi connectivity index (χ1v) is 12.8. The Labute approximate surface area is 198 Å². The summed E-state index contributed by atoms with van der Waals surface area (Å²) in [6.07, 6.45) is 6.01. The molecular weight excluding hydrogens is 432 g/mol. The molecule has 0 saturated heterocycles. The number of aryl methyl sites for hydroxylation is 2. The lowest BCUT2D eigenvalue weighted by atomic mass is 10.1. The smallest absolute Gasteiger partial charge is 0.163 e. The van der Waals surface area contributed by atoms with Crippen LogP contribution in [-0.4, -0.2) is 21.9 Å². The molecule has 5 nitrogen and oxygen atoms in total. The first-order valence-electron chi connectivity index (χ1n) is 11.3. The number of rotatable bonds is 11. The number of benzene rings is 2. The van der Waals surface area contributed by atoms with Crippen molar-refractivity contribution in [1.82, 2.24) is 4.98 Å². The van der Waals surface area contributed by atoms with E-state index in [0.717, 1.165) is 52.9 Å². The molecule has 172 valence electrons. The van der Waals surface area contributed by atoms with E-state index < -0.39 is 11.2 Å². The lowest BCUT2D eigenvalue weighted by Crippen LogP contribution is -2.12. The van der Waals surface area contributed by atoms with Gasteiger partial charge in [-0.25, -0.2) is 0 Å². The second-order valence-electron chi connectivity index (χ2n) is 8.19. The summed E-state index contributed by atoms with van der Waals surface area (Å²) >= 11 is -0.999. The summed E-state index contributed by atoms with van der Waals surface area (Å²) in [6.45, 7) is 2.58. The summed E-state index contributed by atoms with van der Waals surface area (Å²) in [5.41, 5.74) is 10.3. The average Bonchev–Trinajstić information content (AvgIpc) is 3.17. The summed E-state index contributed by atoms with van der Waals surface area (Å²) in [5.74, 6) is 2.59. The third-order valence-corrected chi connectivity index (χ3v) is 7.04. The van der Waals surface area contributed by atoms with Crippen LogP contribution in [0.15, 0.2) is 77.5 Å².